The molecule has 4 nitrogen and oxygen atoms in total. The third-order valence-corrected chi connectivity index (χ3v) is 5.65. The summed E-state index contributed by atoms with van der Waals surface area (Å²) in [5.74, 6) is 1.54. The van der Waals surface area contributed by atoms with E-state index in [2.05, 4.69) is 11.4 Å². The Bertz CT molecular complexity index is 1050. The van der Waals surface area contributed by atoms with Crippen LogP contribution in [0.25, 0.3) is 0 Å². The molecule has 1 aliphatic heterocycles. The van der Waals surface area contributed by atoms with Crippen LogP contribution in [0, 0.1) is 0 Å². The molecule has 2 atom stereocenters. The maximum atomic E-state index is 6.11. The number of halogens is 2. The molecule has 154 valence electrons. The van der Waals surface area contributed by atoms with Crippen molar-refractivity contribution in [1.82, 2.24) is 5.32 Å². The maximum absolute atomic E-state index is 6.11. The van der Waals surface area contributed by atoms with Crippen molar-refractivity contribution in [2.24, 2.45) is 4.99 Å². The predicted octanol–water partition coefficient (Wildman–Crippen LogP) is 5.98. The fourth-order valence-corrected chi connectivity index (χ4v) is 3.94. The summed E-state index contributed by atoms with van der Waals surface area (Å²) in [6.45, 7) is 0.519. The molecule has 1 N–H and O–H groups in total. The van der Waals surface area contributed by atoms with Crippen LogP contribution in [0.15, 0.2) is 71.7 Å². The second-order valence-electron chi connectivity index (χ2n) is 7.12. The molecule has 2 unspecified atom stereocenters. The van der Waals surface area contributed by atoms with Crippen molar-refractivity contribution in [3.63, 3.8) is 0 Å². The van der Waals surface area contributed by atoms with Crippen LogP contribution in [0.4, 0.5) is 0 Å². The molecule has 0 fully saturated rings. The lowest BCUT2D eigenvalue weighted by Gasteiger charge is -2.20. The summed E-state index contributed by atoms with van der Waals surface area (Å²) in [7, 11) is 3.35. The second-order valence-corrected chi connectivity index (χ2v) is 7.99. The Morgan fingerprint density at radius 3 is 2.10 bits per heavy atom. The van der Waals surface area contributed by atoms with Crippen LogP contribution >= 0.6 is 23.2 Å². The van der Waals surface area contributed by atoms with E-state index in [9.17, 15) is 0 Å². The zero-order valence-electron chi connectivity index (χ0n) is 16.7. The van der Waals surface area contributed by atoms with Crippen LogP contribution in [0.2, 0.25) is 10.0 Å². The van der Waals surface area contributed by atoms with E-state index in [0.29, 0.717) is 16.7 Å². The summed E-state index contributed by atoms with van der Waals surface area (Å²) in [5.41, 5.74) is 4.14. The highest BCUT2D eigenvalue weighted by Gasteiger charge is 2.32. The molecule has 6 heteroatoms. The first-order chi connectivity index (χ1) is 14.6. The number of nitrogens with one attached hydrogen (secondary N) is 1. The van der Waals surface area contributed by atoms with E-state index < -0.39 is 0 Å². The van der Waals surface area contributed by atoms with Crippen molar-refractivity contribution in [3.8, 4) is 5.75 Å². The van der Waals surface area contributed by atoms with Crippen molar-refractivity contribution in [3.05, 3.63) is 99.0 Å². The number of nitrogens with zero attached hydrogens (tertiary/aromatic N) is 1. The molecule has 0 aliphatic carbocycles. The third kappa shape index (κ3) is 4.31. The van der Waals surface area contributed by atoms with Gasteiger partial charge >= 0.3 is 0 Å². The molecule has 1 aliphatic rings. The number of ether oxygens (including phenoxy) is 2. The molecule has 0 spiro atoms. The van der Waals surface area contributed by atoms with Gasteiger partial charge in [0.2, 0.25) is 0 Å². The van der Waals surface area contributed by atoms with Crippen LogP contribution in [-0.4, -0.2) is 20.1 Å². The number of aliphatic imine (C=N–C) groups is 1. The van der Waals surface area contributed by atoms with Crippen LogP contribution in [0.1, 0.15) is 34.3 Å². The van der Waals surface area contributed by atoms with Gasteiger partial charge in [-0.15, -0.1) is 0 Å². The Kier molecular flexibility index (Phi) is 6.28. The Morgan fingerprint density at radius 1 is 0.867 bits per heavy atom. The Balaban J connectivity index is 1.77. The zero-order chi connectivity index (χ0) is 21.1. The molecule has 0 bridgehead atoms. The molecule has 0 aromatic heterocycles. The van der Waals surface area contributed by atoms with E-state index in [1.54, 1.807) is 14.2 Å². The summed E-state index contributed by atoms with van der Waals surface area (Å²) >= 11 is 12.2. The minimum atomic E-state index is -0.116. The quantitative estimate of drug-likeness (QED) is 0.512. The topological polar surface area (TPSA) is 42.9 Å². The first-order valence-corrected chi connectivity index (χ1v) is 10.4. The highest BCUT2D eigenvalue weighted by atomic mass is 35.5. The van der Waals surface area contributed by atoms with E-state index in [1.807, 2.05) is 60.7 Å². The Morgan fingerprint density at radius 2 is 1.50 bits per heavy atom. The minimum absolute atomic E-state index is 0.0470. The summed E-state index contributed by atoms with van der Waals surface area (Å²) in [4.78, 5) is 5.06. The van der Waals surface area contributed by atoms with Crippen LogP contribution in [0.3, 0.4) is 0 Å². The lowest BCUT2D eigenvalue weighted by atomic mass is 9.95. The van der Waals surface area contributed by atoms with Crippen LogP contribution in [-0.2, 0) is 11.3 Å². The fraction of sp³-hybridized carbons (Fsp3) is 0.208. The first kappa shape index (κ1) is 20.7. The fourth-order valence-electron chi connectivity index (χ4n) is 3.68. The summed E-state index contributed by atoms with van der Waals surface area (Å²) < 4.78 is 10.9. The smallest absolute Gasteiger partial charge is 0.133 e. The zero-order valence-corrected chi connectivity index (χ0v) is 18.2. The van der Waals surface area contributed by atoms with Crippen LogP contribution in [0.5, 0.6) is 5.75 Å². The van der Waals surface area contributed by atoms with Crippen molar-refractivity contribution in [1.29, 1.82) is 0 Å². The largest absolute Gasteiger partial charge is 0.496 e. The number of amidine groups is 1. The molecule has 0 saturated carbocycles. The third-order valence-electron chi connectivity index (χ3n) is 5.15. The maximum Gasteiger partial charge on any atom is 0.133 e. The molecule has 1 heterocycles. The standard InChI is InChI=1S/C24H22Cl2N2O2/c1-29-14-15-3-12-21(30-2)20(13-15)24-27-22(16-4-8-18(25)9-5-16)23(28-24)17-6-10-19(26)11-7-17/h3-13,22-23H,14H2,1-2H3,(H,27,28). The average molecular weight is 441 g/mol. The molecule has 3 aromatic rings. The SMILES string of the molecule is COCc1ccc(OC)c(C2=NC(c3ccc(Cl)cc3)C(c3ccc(Cl)cc3)N2)c1. The molecular formula is C24H22Cl2N2O2. The summed E-state index contributed by atoms with van der Waals surface area (Å²) in [6.07, 6.45) is 0. The van der Waals surface area contributed by atoms with E-state index in [0.717, 1.165) is 33.8 Å². The highest BCUT2D eigenvalue weighted by molar-refractivity contribution is 6.30. The highest BCUT2D eigenvalue weighted by Crippen LogP contribution is 2.39. The number of methoxy groups -OCH3 is 2. The monoisotopic (exact) mass is 440 g/mol. The van der Waals surface area contributed by atoms with Crippen molar-refractivity contribution >= 4 is 29.0 Å². The lowest BCUT2D eigenvalue weighted by Crippen LogP contribution is -2.25. The summed E-state index contributed by atoms with van der Waals surface area (Å²) in [5, 5.41) is 5.01. The van der Waals surface area contributed by atoms with Gasteiger partial charge in [-0.1, -0.05) is 53.5 Å². The van der Waals surface area contributed by atoms with E-state index in [4.69, 9.17) is 37.7 Å². The molecule has 0 amide bonds. The molecular weight excluding hydrogens is 419 g/mol. The Labute approximate surface area is 186 Å². The Hall–Kier alpha value is -2.53. The normalized spacial score (nSPS) is 18.1. The van der Waals surface area contributed by atoms with E-state index in [1.165, 1.54) is 0 Å². The van der Waals surface area contributed by atoms with Gasteiger partial charge in [-0.2, -0.15) is 0 Å². The number of hydrogen-bond donors (Lipinski definition) is 1. The van der Waals surface area contributed by atoms with Gasteiger partial charge in [0.1, 0.15) is 17.6 Å². The average Bonchev–Trinajstić information content (AvgIpc) is 3.20. The van der Waals surface area contributed by atoms with E-state index >= 15 is 0 Å². The van der Waals surface area contributed by atoms with E-state index in [-0.39, 0.29) is 12.1 Å². The van der Waals surface area contributed by atoms with Gasteiger partial charge in [-0.25, -0.2) is 0 Å². The molecule has 0 radical (unpaired) electrons. The van der Waals surface area contributed by atoms with Crippen LogP contribution < -0.4 is 10.1 Å². The van der Waals surface area contributed by atoms with Gasteiger partial charge in [-0.05, 0) is 53.1 Å². The van der Waals surface area contributed by atoms with Gasteiger partial charge in [-0.3, -0.25) is 4.99 Å². The lowest BCUT2D eigenvalue weighted by molar-refractivity contribution is 0.185. The van der Waals surface area contributed by atoms with Gasteiger partial charge < -0.3 is 14.8 Å². The molecule has 4 rings (SSSR count). The van der Waals surface area contributed by atoms with Crippen molar-refractivity contribution < 1.29 is 9.47 Å². The van der Waals surface area contributed by atoms with Gasteiger partial charge in [0.15, 0.2) is 0 Å². The predicted molar refractivity (Wildman–Crippen MR) is 122 cm³/mol. The summed E-state index contributed by atoms with van der Waals surface area (Å²) in [6, 6.07) is 21.5. The van der Waals surface area contributed by atoms with Gasteiger partial charge in [0.05, 0.1) is 25.3 Å². The molecule has 3 aromatic carbocycles. The van der Waals surface area contributed by atoms with Crippen molar-refractivity contribution in [2.45, 2.75) is 18.7 Å². The molecule has 30 heavy (non-hydrogen) atoms. The second kappa shape index (κ2) is 9.09. The van der Waals surface area contributed by atoms with Crippen molar-refractivity contribution in [2.75, 3.05) is 14.2 Å². The number of hydrogen-bond acceptors (Lipinski definition) is 4. The van der Waals surface area contributed by atoms with Gasteiger partial charge in [0, 0.05) is 17.2 Å². The first-order valence-electron chi connectivity index (χ1n) is 9.60. The molecule has 0 saturated heterocycles. The van der Waals surface area contributed by atoms with Gasteiger partial charge in [0.25, 0.3) is 0 Å². The minimum Gasteiger partial charge on any atom is -0.496 e. The number of benzene rings is 3. The number of rotatable bonds is 6.